The zero-order valence-corrected chi connectivity index (χ0v) is 15.6. The Bertz CT molecular complexity index is 1040. The number of ether oxygens (including phenoxy) is 3. The van der Waals surface area contributed by atoms with E-state index in [1.54, 1.807) is 43.2 Å². The molecule has 0 aromatic carbocycles. The van der Waals surface area contributed by atoms with Gasteiger partial charge >= 0.3 is 0 Å². The molecule has 1 atom stereocenters. The second-order valence-electron chi connectivity index (χ2n) is 6.21. The van der Waals surface area contributed by atoms with E-state index in [1.807, 2.05) is 12.2 Å². The van der Waals surface area contributed by atoms with Crippen LogP contribution in [0.2, 0.25) is 0 Å². The molecule has 0 aromatic rings. The predicted molar refractivity (Wildman–Crippen MR) is 107 cm³/mol. The third-order valence-corrected chi connectivity index (χ3v) is 4.35. The first-order chi connectivity index (χ1) is 14.9. The van der Waals surface area contributed by atoms with Crippen LogP contribution in [0.4, 0.5) is 0 Å². The first-order valence-corrected chi connectivity index (χ1v) is 9.17. The van der Waals surface area contributed by atoms with Gasteiger partial charge in [-0.15, -0.1) is 0 Å². The van der Waals surface area contributed by atoms with Crippen molar-refractivity contribution in [2.75, 3.05) is 13.2 Å². The molecular weight excluding hydrogens is 390 g/mol. The predicted octanol–water partition coefficient (Wildman–Crippen LogP) is 1.79. The molecule has 0 aliphatic carbocycles. The van der Waals surface area contributed by atoms with E-state index in [1.165, 1.54) is 6.26 Å². The second kappa shape index (κ2) is 8.13. The molecule has 152 valence electrons. The lowest BCUT2D eigenvalue weighted by Crippen LogP contribution is -2.36. The highest BCUT2D eigenvalue weighted by molar-refractivity contribution is 6.02. The molecule has 1 unspecified atom stereocenters. The maximum Gasteiger partial charge on any atom is 0.250 e. The summed E-state index contributed by atoms with van der Waals surface area (Å²) in [5.74, 6) is 1.17. The van der Waals surface area contributed by atoms with Crippen molar-refractivity contribution in [1.82, 2.24) is 11.0 Å². The zero-order valence-electron chi connectivity index (χ0n) is 15.6. The van der Waals surface area contributed by atoms with Crippen LogP contribution in [0.1, 0.15) is 0 Å². The van der Waals surface area contributed by atoms with E-state index in [0.717, 1.165) is 0 Å². The maximum absolute atomic E-state index is 5.89. The summed E-state index contributed by atoms with van der Waals surface area (Å²) in [7, 11) is 0. The average Bonchev–Trinajstić information content (AvgIpc) is 2.85. The minimum atomic E-state index is -0.730. The lowest BCUT2D eigenvalue weighted by molar-refractivity contribution is 0.0444. The van der Waals surface area contributed by atoms with Crippen molar-refractivity contribution in [3.8, 4) is 0 Å². The Kier molecular flexibility index (Phi) is 4.88. The number of hydrogen-bond acceptors (Lipinski definition) is 10. The number of allylic oxidation sites excluding steroid dienone is 4. The molecule has 0 bridgehead atoms. The van der Waals surface area contributed by atoms with Crippen molar-refractivity contribution in [3.63, 3.8) is 0 Å². The van der Waals surface area contributed by atoms with Gasteiger partial charge in [0, 0.05) is 18.0 Å². The highest BCUT2D eigenvalue weighted by atomic mass is 16.7. The van der Waals surface area contributed by atoms with Gasteiger partial charge in [0.2, 0.25) is 11.7 Å². The summed E-state index contributed by atoms with van der Waals surface area (Å²) >= 11 is 0. The van der Waals surface area contributed by atoms with E-state index in [-0.39, 0.29) is 0 Å². The van der Waals surface area contributed by atoms with Crippen molar-refractivity contribution in [2.45, 2.75) is 6.23 Å². The molecular formula is C20H17N5O5. The molecule has 0 aromatic heterocycles. The molecule has 5 aliphatic heterocycles. The number of hydrogen-bond donors (Lipinski definition) is 2. The van der Waals surface area contributed by atoms with Gasteiger partial charge in [0.15, 0.2) is 5.76 Å². The Morgan fingerprint density at radius 2 is 2.03 bits per heavy atom. The second-order valence-corrected chi connectivity index (χ2v) is 6.21. The molecule has 0 spiro atoms. The molecule has 0 radical (unpaired) electrons. The summed E-state index contributed by atoms with van der Waals surface area (Å²) < 4.78 is 17.1. The van der Waals surface area contributed by atoms with Crippen LogP contribution >= 0.6 is 0 Å². The Labute approximate surface area is 171 Å². The minimum Gasteiger partial charge on any atom is -0.473 e. The average molecular weight is 407 g/mol. The number of nitrogens with zero attached hydrogens (tertiary/aromatic N) is 3. The van der Waals surface area contributed by atoms with E-state index >= 15 is 0 Å². The fourth-order valence-electron chi connectivity index (χ4n) is 3.10. The fraction of sp³-hybridized carbons (Fsp3) is 0.150. The molecule has 0 saturated carbocycles. The van der Waals surface area contributed by atoms with E-state index < -0.39 is 6.23 Å². The summed E-state index contributed by atoms with van der Waals surface area (Å²) in [5, 5.41) is 0. The lowest BCUT2D eigenvalue weighted by atomic mass is 9.95. The molecule has 0 fully saturated rings. The number of nitrogens with one attached hydrogen (secondary N) is 2. The highest BCUT2D eigenvalue weighted by Gasteiger charge is 2.37. The van der Waals surface area contributed by atoms with Crippen LogP contribution in [-0.4, -0.2) is 37.8 Å². The molecule has 2 N–H and O–H groups in total. The monoisotopic (exact) mass is 407 g/mol. The quantitative estimate of drug-likeness (QED) is 0.719. The Balaban J connectivity index is 1.74. The normalized spacial score (nSPS) is 29.3. The van der Waals surface area contributed by atoms with Gasteiger partial charge in [-0.25, -0.2) is 15.5 Å². The number of hydroxylamine groups is 2. The highest BCUT2D eigenvalue weighted by Crippen LogP contribution is 2.36. The van der Waals surface area contributed by atoms with Gasteiger partial charge in [-0.05, 0) is 18.2 Å². The Morgan fingerprint density at radius 3 is 2.77 bits per heavy atom. The van der Waals surface area contributed by atoms with Gasteiger partial charge in [0.05, 0.1) is 36.6 Å². The van der Waals surface area contributed by atoms with Crippen LogP contribution in [0.3, 0.4) is 0 Å². The van der Waals surface area contributed by atoms with Crippen molar-refractivity contribution in [2.24, 2.45) is 15.0 Å². The lowest BCUT2D eigenvalue weighted by Gasteiger charge is -2.32. The van der Waals surface area contributed by atoms with E-state index in [2.05, 4.69) is 25.9 Å². The molecule has 30 heavy (non-hydrogen) atoms. The van der Waals surface area contributed by atoms with Crippen LogP contribution in [0.15, 0.2) is 98.3 Å². The molecule has 5 heterocycles. The van der Waals surface area contributed by atoms with Crippen LogP contribution in [0, 0.1) is 0 Å². The molecule has 0 amide bonds. The van der Waals surface area contributed by atoms with Crippen molar-refractivity contribution in [1.29, 1.82) is 0 Å². The van der Waals surface area contributed by atoms with Crippen LogP contribution < -0.4 is 11.0 Å². The van der Waals surface area contributed by atoms with Gasteiger partial charge in [0.1, 0.15) is 18.6 Å². The third-order valence-electron chi connectivity index (χ3n) is 4.35. The maximum atomic E-state index is 5.89. The largest absolute Gasteiger partial charge is 0.473 e. The van der Waals surface area contributed by atoms with Gasteiger partial charge in [-0.2, -0.15) is 0 Å². The molecule has 5 rings (SSSR count). The summed E-state index contributed by atoms with van der Waals surface area (Å²) in [6.07, 6.45) is 16.0. The molecule has 5 aliphatic rings. The van der Waals surface area contributed by atoms with Crippen LogP contribution in [-0.2, 0) is 23.9 Å². The summed E-state index contributed by atoms with van der Waals surface area (Å²) in [4.78, 5) is 24.2. The van der Waals surface area contributed by atoms with Gasteiger partial charge in [-0.3, -0.25) is 15.3 Å². The SMILES string of the molecule is C1=COC(C2=C(C3=NC=CCO3)C(=C3C=CCON3)C(=C3C=NC=CO3)NO2)N=C1. The smallest absolute Gasteiger partial charge is 0.250 e. The first-order valence-electron chi connectivity index (χ1n) is 9.17. The summed E-state index contributed by atoms with van der Waals surface area (Å²) in [6.45, 7) is 0.799. The summed E-state index contributed by atoms with van der Waals surface area (Å²) in [6, 6.07) is 0. The van der Waals surface area contributed by atoms with Gasteiger partial charge in [-0.1, -0.05) is 6.08 Å². The molecule has 10 nitrogen and oxygen atoms in total. The van der Waals surface area contributed by atoms with Crippen molar-refractivity contribution < 1.29 is 23.9 Å². The Hall–Kier alpha value is -4.05. The van der Waals surface area contributed by atoms with E-state index in [9.17, 15) is 0 Å². The number of aliphatic imine (C=N–C) groups is 3. The van der Waals surface area contributed by atoms with Gasteiger partial charge < -0.3 is 19.0 Å². The van der Waals surface area contributed by atoms with Crippen molar-refractivity contribution in [3.05, 3.63) is 83.3 Å². The topological polar surface area (TPSA) is 107 Å². The minimum absolute atomic E-state index is 0.354. The third kappa shape index (κ3) is 3.40. The molecule has 10 heteroatoms. The van der Waals surface area contributed by atoms with Crippen LogP contribution in [0.5, 0.6) is 0 Å². The summed E-state index contributed by atoms with van der Waals surface area (Å²) in [5.41, 5.74) is 8.22. The van der Waals surface area contributed by atoms with E-state index in [4.69, 9.17) is 23.9 Å². The van der Waals surface area contributed by atoms with Crippen molar-refractivity contribution >= 4 is 18.3 Å². The number of rotatable bonds is 2. The Morgan fingerprint density at radius 1 is 1.03 bits per heavy atom. The van der Waals surface area contributed by atoms with E-state index in [0.29, 0.717) is 53.2 Å². The fourth-order valence-corrected chi connectivity index (χ4v) is 3.10. The zero-order chi connectivity index (χ0) is 20.2. The van der Waals surface area contributed by atoms with Gasteiger partial charge in [0.25, 0.3) is 6.23 Å². The van der Waals surface area contributed by atoms with Crippen LogP contribution in [0.25, 0.3) is 0 Å². The molecule has 0 saturated heterocycles. The standard InChI is InChI=1S/C20H17N5O5/c1-4-13(24-29-10-1)15-16(19-22-5-2-8-27-19)18(20-23-6-3-9-28-20)30-25-17(15)14-12-21-7-11-26-14/h1-7,9,11-12,20,24-25H,8,10H2. The first kappa shape index (κ1) is 18.0.